The summed E-state index contributed by atoms with van der Waals surface area (Å²) in [4.78, 5) is 24.5. The van der Waals surface area contributed by atoms with E-state index in [1.54, 1.807) is 0 Å². The maximum absolute atomic E-state index is 13.3. The minimum absolute atomic E-state index is 0.0163. The van der Waals surface area contributed by atoms with Crippen LogP contribution in [-0.2, 0) is 30.5 Å². The molecular formula is C33H34ClF3N4O. The Morgan fingerprint density at radius 1 is 0.810 bits per heavy atom. The van der Waals surface area contributed by atoms with Crippen molar-refractivity contribution in [2.75, 3.05) is 39.3 Å². The van der Waals surface area contributed by atoms with E-state index in [9.17, 15) is 18.0 Å². The molecule has 0 bridgehead atoms. The number of halogens is 4. The van der Waals surface area contributed by atoms with E-state index in [4.69, 9.17) is 16.6 Å². The number of rotatable bonds is 6. The summed E-state index contributed by atoms with van der Waals surface area (Å²) in [5, 5.41) is 0.764. The fourth-order valence-electron chi connectivity index (χ4n) is 6.22. The Kier molecular flexibility index (Phi) is 8.39. The summed E-state index contributed by atoms with van der Waals surface area (Å²) in [6.07, 6.45) is -1.56. The Morgan fingerprint density at radius 3 is 2.02 bits per heavy atom. The Hall–Kier alpha value is -3.20. The van der Waals surface area contributed by atoms with Gasteiger partial charge in [0.2, 0.25) is 0 Å². The van der Waals surface area contributed by atoms with Gasteiger partial charge in [0.05, 0.1) is 11.3 Å². The van der Waals surface area contributed by atoms with Crippen LogP contribution in [-0.4, -0.2) is 65.6 Å². The first-order valence-corrected chi connectivity index (χ1v) is 14.9. The number of fused-ring (bicyclic) bond motifs is 1. The minimum Gasteiger partial charge on any atom is -0.335 e. The van der Waals surface area contributed by atoms with Gasteiger partial charge in [-0.15, -0.1) is 0 Å². The molecule has 0 aromatic heterocycles. The van der Waals surface area contributed by atoms with Gasteiger partial charge in [-0.3, -0.25) is 14.6 Å². The summed E-state index contributed by atoms with van der Waals surface area (Å²) in [7, 11) is 0. The first kappa shape index (κ1) is 28.9. The van der Waals surface area contributed by atoms with Gasteiger partial charge in [0.25, 0.3) is 5.91 Å². The predicted molar refractivity (Wildman–Crippen MR) is 159 cm³/mol. The normalized spacial score (nSPS) is 18.7. The minimum atomic E-state index is -4.33. The molecule has 9 heteroatoms. The van der Waals surface area contributed by atoms with Gasteiger partial charge in [-0.05, 0) is 84.4 Å². The van der Waals surface area contributed by atoms with E-state index in [2.05, 4.69) is 40.1 Å². The fraction of sp³-hybridized carbons (Fsp3) is 0.394. The number of piperazine rings is 1. The highest BCUT2D eigenvalue weighted by atomic mass is 35.5. The Morgan fingerprint density at radius 2 is 1.40 bits per heavy atom. The molecule has 0 atom stereocenters. The van der Waals surface area contributed by atoms with E-state index in [1.807, 2.05) is 17.0 Å². The van der Waals surface area contributed by atoms with Gasteiger partial charge in [0, 0.05) is 50.7 Å². The molecule has 0 aliphatic carbocycles. The third-order valence-corrected chi connectivity index (χ3v) is 8.94. The van der Waals surface area contributed by atoms with Crippen LogP contribution < -0.4 is 0 Å². The number of alkyl halides is 3. The van der Waals surface area contributed by atoms with Crippen molar-refractivity contribution in [1.29, 1.82) is 0 Å². The number of carbonyl (C=O) groups is 1. The highest BCUT2D eigenvalue weighted by Crippen LogP contribution is 2.35. The topological polar surface area (TPSA) is 39.2 Å². The van der Waals surface area contributed by atoms with Crippen LogP contribution in [0.5, 0.6) is 0 Å². The van der Waals surface area contributed by atoms with Gasteiger partial charge in [-0.2, -0.15) is 13.2 Å². The Labute approximate surface area is 249 Å². The molecule has 0 radical (unpaired) electrons. The summed E-state index contributed by atoms with van der Waals surface area (Å²) >= 11 is 6.02. The lowest BCUT2D eigenvalue weighted by molar-refractivity contribution is -0.137. The second kappa shape index (κ2) is 12.2. The average Bonchev–Trinajstić information content (AvgIpc) is 3.42. The molecule has 0 saturated carbocycles. The lowest BCUT2D eigenvalue weighted by Crippen LogP contribution is -2.50. The number of likely N-dealkylation sites (tertiary alicyclic amines) is 1. The molecular weight excluding hydrogens is 561 g/mol. The van der Waals surface area contributed by atoms with Crippen molar-refractivity contribution in [2.45, 2.75) is 44.4 Å². The standard InChI is InChI=1S/C33H34ClF3N4O/c34-29-8-3-24(4-9-29)21-39-13-11-25(12-14-39)26-5-10-30-27(19-26)20-31(38-30)32(42)41-17-15-40(16-18-41)22-23-1-6-28(7-2-23)33(35,36)37/h1-10,19,25H,11-18,20-22H2. The molecule has 2 saturated heterocycles. The molecule has 3 heterocycles. The van der Waals surface area contributed by atoms with E-state index in [0.29, 0.717) is 50.8 Å². The maximum atomic E-state index is 13.3. The monoisotopic (exact) mass is 594 g/mol. The number of nitrogens with zero attached hydrogens (tertiary/aromatic N) is 4. The van der Waals surface area contributed by atoms with Crippen molar-refractivity contribution in [3.05, 3.63) is 99.6 Å². The fourth-order valence-corrected chi connectivity index (χ4v) is 6.35. The van der Waals surface area contributed by atoms with Crippen LogP contribution in [0.4, 0.5) is 18.9 Å². The molecule has 3 aromatic rings. The summed E-state index contributed by atoms with van der Waals surface area (Å²) in [5.41, 5.74) is 5.43. The average molecular weight is 595 g/mol. The van der Waals surface area contributed by atoms with Crippen LogP contribution in [0.15, 0.2) is 71.7 Å². The molecule has 2 fully saturated rings. The molecule has 3 aliphatic rings. The zero-order chi connectivity index (χ0) is 29.3. The summed E-state index contributed by atoms with van der Waals surface area (Å²) in [6.45, 7) is 6.11. The molecule has 42 heavy (non-hydrogen) atoms. The molecule has 3 aromatic carbocycles. The molecule has 5 nitrogen and oxygen atoms in total. The highest BCUT2D eigenvalue weighted by molar-refractivity contribution is 6.40. The number of hydrogen-bond donors (Lipinski definition) is 0. The summed E-state index contributed by atoms with van der Waals surface area (Å²) in [5.74, 6) is 0.492. The van der Waals surface area contributed by atoms with Crippen molar-refractivity contribution in [3.8, 4) is 0 Å². The number of benzene rings is 3. The largest absolute Gasteiger partial charge is 0.416 e. The van der Waals surface area contributed by atoms with Crippen molar-refractivity contribution in [2.24, 2.45) is 4.99 Å². The van der Waals surface area contributed by atoms with Crippen molar-refractivity contribution >= 4 is 28.9 Å². The first-order chi connectivity index (χ1) is 20.2. The second-order valence-electron chi connectivity index (χ2n) is 11.6. The number of carbonyl (C=O) groups excluding carboxylic acids is 1. The SMILES string of the molecule is O=C(C1=Nc2ccc(C3CCN(Cc4ccc(Cl)cc4)CC3)cc2C1)N1CCN(Cc2ccc(C(F)(F)F)cc2)CC1. The van der Waals surface area contributed by atoms with Crippen molar-refractivity contribution < 1.29 is 18.0 Å². The number of aliphatic imine (C=N–C) groups is 1. The van der Waals surface area contributed by atoms with Crippen LogP contribution in [0.2, 0.25) is 5.02 Å². The van der Waals surface area contributed by atoms with E-state index >= 15 is 0 Å². The van der Waals surface area contributed by atoms with Crippen molar-refractivity contribution in [1.82, 2.24) is 14.7 Å². The van der Waals surface area contributed by atoms with Crippen molar-refractivity contribution in [3.63, 3.8) is 0 Å². The zero-order valence-corrected chi connectivity index (χ0v) is 24.2. The first-order valence-electron chi connectivity index (χ1n) is 14.6. The van der Waals surface area contributed by atoms with E-state index < -0.39 is 11.7 Å². The van der Waals surface area contributed by atoms with Gasteiger partial charge in [-0.1, -0.05) is 48.0 Å². The lowest BCUT2D eigenvalue weighted by atomic mass is 9.88. The highest BCUT2D eigenvalue weighted by Gasteiger charge is 2.31. The predicted octanol–water partition coefficient (Wildman–Crippen LogP) is 6.71. The van der Waals surface area contributed by atoms with E-state index in [0.717, 1.165) is 66.4 Å². The van der Waals surface area contributed by atoms with Gasteiger partial charge in [0.15, 0.2) is 0 Å². The van der Waals surface area contributed by atoms with Crippen LogP contribution >= 0.6 is 11.6 Å². The lowest BCUT2D eigenvalue weighted by Gasteiger charge is -2.34. The smallest absolute Gasteiger partial charge is 0.335 e. The molecule has 220 valence electrons. The molecule has 0 unspecified atom stereocenters. The van der Waals surface area contributed by atoms with Gasteiger partial charge in [-0.25, -0.2) is 4.99 Å². The summed E-state index contributed by atoms with van der Waals surface area (Å²) < 4.78 is 38.5. The van der Waals surface area contributed by atoms with Crippen LogP contribution in [0, 0.1) is 0 Å². The van der Waals surface area contributed by atoms with Crippen LogP contribution in [0.25, 0.3) is 0 Å². The van der Waals surface area contributed by atoms with Gasteiger partial charge >= 0.3 is 6.18 Å². The quantitative estimate of drug-likeness (QED) is 0.318. The van der Waals surface area contributed by atoms with E-state index in [-0.39, 0.29) is 5.91 Å². The summed E-state index contributed by atoms with van der Waals surface area (Å²) in [6, 6.07) is 19.9. The third kappa shape index (κ3) is 6.72. The number of piperidine rings is 1. The molecule has 0 N–H and O–H groups in total. The molecule has 6 rings (SSSR count). The van der Waals surface area contributed by atoms with Crippen LogP contribution in [0.1, 0.15) is 46.6 Å². The van der Waals surface area contributed by atoms with Gasteiger partial charge < -0.3 is 4.90 Å². The molecule has 0 spiro atoms. The maximum Gasteiger partial charge on any atom is 0.416 e. The number of hydrogen-bond acceptors (Lipinski definition) is 4. The van der Waals surface area contributed by atoms with Crippen LogP contribution in [0.3, 0.4) is 0 Å². The molecule has 1 amide bonds. The second-order valence-corrected chi connectivity index (χ2v) is 12.0. The molecule has 3 aliphatic heterocycles. The van der Waals surface area contributed by atoms with Gasteiger partial charge in [0.1, 0.15) is 5.71 Å². The Balaban J connectivity index is 0.979. The third-order valence-electron chi connectivity index (χ3n) is 8.69. The number of amides is 1. The van der Waals surface area contributed by atoms with E-state index in [1.165, 1.54) is 23.3 Å². The zero-order valence-electron chi connectivity index (χ0n) is 23.4. The Bertz CT molecular complexity index is 1440.